The summed E-state index contributed by atoms with van der Waals surface area (Å²) in [6.45, 7) is 1.52. The summed E-state index contributed by atoms with van der Waals surface area (Å²) in [7, 11) is 0. The molecule has 1 fully saturated rings. The van der Waals surface area contributed by atoms with Crippen molar-refractivity contribution in [2.45, 2.75) is 12.1 Å². The molecule has 19 heavy (non-hydrogen) atoms. The van der Waals surface area contributed by atoms with Crippen LogP contribution in [-0.2, 0) is 0 Å². The minimum absolute atomic E-state index is 0. The first kappa shape index (κ1) is 14.8. The van der Waals surface area contributed by atoms with Gasteiger partial charge in [0, 0.05) is 13.1 Å². The molecule has 0 radical (unpaired) electrons. The Morgan fingerprint density at radius 3 is 1.63 bits per heavy atom. The molecule has 1 heterocycles. The van der Waals surface area contributed by atoms with E-state index in [2.05, 4.69) is 53.4 Å². The molecule has 94 valence electrons. The van der Waals surface area contributed by atoms with Crippen LogP contribution < -0.4 is 0 Å². The molecular weight excluding hydrogens is 245 g/mol. The SMILES string of the molecule is OC1CN(C(c2ccccc2)c2ccccc2)C1.[NaH]. The second-order valence-electron chi connectivity index (χ2n) is 4.83. The first-order valence-corrected chi connectivity index (χ1v) is 6.36. The number of aliphatic hydroxyl groups is 1. The molecule has 3 heteroatoms. The first-order valence-electron chi connectivity index (χ1n) is 6.36. The molecule has 0 amide bonds. The number of β-amino-alcohol motifs (C(OH)–C–C–N with tert-alkyl or cyclic N) is 1. The predicted octanol–water partition coefficient (Wildman–Crippen LogP) is 1.80. The molecule has 2 aromatic rings. The fourth-order valence-corrected chi connectivity index (χ4v) is 2.58. The van der Waals surface area contributed by atoms with Gasteiger partial charge < -0.3 is 5.11 Å². The Morgan fingerprint density at radius 1 is 0.842 bits per heavy atom. The second kappa shape index (κ2) is 6.69. The van der Waals surface area contributed by atoms with Crippen LogP contribution in [0.2, 0.25) is 0 Å². The van der Waals surface area contributed by atoms with Gasteiger partial charge in [0.05, 0.1) is 12.1 Å². The van der Waals surface area contributed by atoms with E-state index in [0.29, 0.717) is 0 Å². The number of aliphatic hydroxyl groups excluding tert-OH is 1. The number of likely N-dealkylation sites (tertiary alicyclic amines) is 1. The monoisotopic (exact) mass is 263 g/mol. The third kappa shape index (κ3) is 3.28. The van der Waals surface area contributed by atoms with E-state index in [9.17, 15) is 5.11 Å². The summed E-state index contributed by atoms with van der Waals surface area (Å²) >= 11 is 0. The Bertz CT molecular complexity index is 457. The van der Waals surface area contributed by atoms with Crippen molar-refractivity contribution in [2.24, 2.45) is 0 Å². The topological polar surface area (TPSA) is 23.5 Å². The molecule has 2 nitrogen and oxygen atoms in total. The van der Waals surface area contributed by atoms with Crippen LogP contribution in [0.5, 0.6) is 0 Å². The molecule has 3 rings (SSSR count). The van der Waals surface area contributed by atoms with Gasteiger partial charge in [-0.1, -0.05) is 60.7 Å². The zero-order valence-electron chi connectivity index (χ0n) is 10.2. The van der Waals surface area contributed by atoms with E-state index in [1.165, 1.54) is 11.1 Å². The second-order valence-corrected chi connectivity index (χ2v) is 4.83. The molecule has 0 saturated carbocycles. The molecule has 1 aliphatic rings. The molecule has 0 aliphatic carbocycles. The van der Waals surface area contributed by atoms with Gasteiger partial charge in [0.2, 0.25) is 0 Å². The third-order valence-electron chi connectivity index (χ3n) is 3.49. The maximum absolute atomic E-state index is 9.52. The van der Waals surface area contributed by atoms with E-state index >= 15 is 0 Å². The molecule has 0 bridgehead atoms. The van der Waals surface area contributed by atoms with Crippen LogP contribution in [-0.4, -0.2) is 58.8 Å². The fourth-order valence-electron chi connectivity index (χ4n) is 2.58. The molecule has 0 atom stereocenters. The maximum atomic E-state index is 9.52. The normalized spacial score (nSPS) is 15.9. The van der Waals surface area contributed by atoms with Crippen LogP contribution >= 0.6 is 0 Å². The molecule has 1 aliphatic heterocycles. The summed E-state index contributed by atoms with van der Waals surface area (Å²) in [5.41, 5.74) is 2.58. The van der Waals surface area contributed by atoms with Crippen molar-refractivity contribution in [3.05, 3.63) is 71.8 Å². The predicted molar refractivity (Wildman–Crippen MR) is 79.5 cm³/mol. The standard InChI is InChI=1S/C16H17NO.Na.H/c18-15-11-17(12-15)16(13-7-3-1-4-8-13)14-9-5-2-6-10-14;;/h1-10,15-16,18H,11-12H2;;. The van der Waals surface area contributed by atoms with E-state index in [0.717, 1.165) is 13.1 Å². The van der Waals surface area contributed by atoms with Crippen LogP contribution in [0.15, 0.2) is 60.7 Å². The zero-order chi connectivity index (χ0) is 12.4. The number of rotatable bonds is 3. The van der Waals surface area contributed by atoms with Gasteiger partial charge in [-0.2, -0.15) is 0 Å². The Labute approximate surface area is 136 Å². The molecule has 1 saturated heterocycles. The van der Waals surface area contributed by atoms with Crippen LogP contribution in [0, 0.1) is 0 Å². The van der Waals surface area contributed by atoms with E-state index in [-0.39, 0.29) is 41.7 Å². The van der Waals surface area contributed by atoms with Crippen molar-refractivity contribution in [1.29, 1.82) is 0 Å². The number of nitrogens with zero attached hydrogens (tertiary/aromatic N) is 1. The Morgan fingerprint density at radius 2 is 1.26 bits per heavy atom. The fraction of sp³-hybridized carbons (Fsp3) is 0.250. The minimum atomic E-state index is -0.167. The zero-order valence-corrected chi connectivity index (χ0v) is 10.2. The van der Waals surface area contributed by atoms with Crippen molar-refractivity contribution < 1.29 is 5.11 Å². The molecular formula is C16H18NNaO. The van der Waals surface area contributed by atoms with Crippen molar-refractivity contribution in [3.8, 4) is 0 Å². The van der Waals surface area contributed by atoms with Crippen molar-refractivity contribution in [2.75, 3.05) is 13.1 Å². The van der Waals surface area contributed by atoms with Crippen molar-refractivity contribution in [1.82, 2.24) is 4.90 Å². The van der Waals surface area contributed by atoms with Gasteiger partial charge in [-0.25, -0.2) is 0 Å². The van der Waals surface area contributed by atoms with Gasteiger partial charge in [0.15, 0.2) is 0 Å². The number of hydrogen-bond acceptors (Lipinski definition) is 2. The summed E-state index contributed by atoms with van der Waals surface area (Å²) in [4.78, 5) is 2.31. The summed E-state index contributed by atoms with van der Waals surface area (Å²) in [6, 6.07) is 21.2. The molecule has 1 N–H and O–H groups in total. The van der Waals surface area contributed by atoms with Crippen molar-refractivity contribution in [3.63, 3.8) is 0 Å². The van der Waals surface area contributed by atoms with Gasteiger partial charge in [-0.05, 0) is 11.1 Å². The Balaban J connectivity index is 0.00000133. The molecule has 0 aromatic heterocycles. The van der Waals surface area contributed by atoms with Crippen LogP contribution in [0.25, 0.3) is 0 Å². The summed E-state index contributed by atoms with van der Waals surface area (Å²) < 4.78 is 0. The average molecular weight is 263 g/mol. The molecule has 0 spiro atoms. The van der Waals surface area contributed by atoms with Crippen LogP contribution in [0.3, 0.4) is 0 Å². The van der Waals surface area contributed by atoms with Crippen molar-refractivity contribution >= 4 is 29.6 Å². The summed E-state index contributed by atoms with van der Waals surface area (Å²) in [5, 5.41) is 9.52. The summed E-state index contributed by atoms with van der Waals surface area (Å²) in [6.07, 6.45) is -0.167. The molecule has 2 aromatic carbocycles. The third-order valence-corrected chi connectivity index (χ3v) is 3.49. The average Bonchev–Trinajstić information content (AvgIpc) is 2.40. The van der Waals surface area contributed by atoms with Gasteiger partial charge >= 0.3 is 29.6 Å². The van der Waals surface area contributed by atoms with E-state index in [4.69, 9.17) is 0 Å². The van der Waals surface area contributed by atoms with Gasteiger partial charge in [0.25, 0.3) is 0 Å². The van der Waals surface area contributed by atoms with Gasteiger partial charge in [0.1, 0.15) is 0 Å². The molecule has 0 unspecified atom stereocenters. The van der Waals surface area contributed by atoms with Gasteiger partial charge in [-0.15, -0.1) is 0 Å². The summed E-state index contributed by atoms with van der Waals surface area (Å²) in [5.74, 6) is 0. The van der Waals surface area contributed by atoms with E-state index < -0.39 is 0 Å². The number of hydrogen-bond donors (Lipinski definition) is 1. The van der Waals surface area contributed by atoms with Crippen LogP contribution in [0.1, 0.15) is 17.2 Å². The number of benzene rings is 2. The van der Waals surface area contributed by atoms with Crippen LogP contribution in [0.4, 0.5) is 0 Å². The van der Waals surface area contributed by atoms with Gasteiger partial charge in [-0.3, -0.25) is 4.90 Å². The van der Waals surface area contributed by atoms with E-state index in [1.807, 2.05) is 12.1 Å². The Hall–Kier alpha value is -0.640. The van der Waals surface area contributed by atoms with E-state index in [1.54, 1.807) is 0 Å². The Kier molecular flexibility index (Phi) is 5.20. The quantitative estimate of drug-likeness (QED) is 0.854. The first-order chi connectivity index (χ1) is 8.84.